The van der Waals surface area contributed by atoms with Gasteiger partial charge in [0.2, 0.25) is 5.91 Å². The number of anilines is 1. The average Bonchev–Trinajstić information content (AvgIpc) is 3.18. The predicted octanol–water partition coefficient (Wildman–Crippen LogP) is 3.72. The number of carbonyl (C=O) groups excluding carboxylic acids is 3. The zero-order valence-corrected chi connectivity index (χ0v) is 19.1. The van der Waals surface area contributed by atoms with E-state index >= 15 is 0 Å². The third kappa shape index (κ3) is 4.64. The molecule has 0 spiro atoms. The lowest BCUT2D eigenvalue weighted by molar-refractivity contribution is -0.122. The highest BCUT2D eigenvalue weighted by Gasteiger charge is 2.44. The summed E-state index contributed by atoms with van der Waals surface area (Å²) >= 11 is 0. The summed E-state index contributed by atoms with van der Waals surface area (Å²) in [6.07, 6.45) is 0.477. The van der Waals surface area contributed by atoms with Crippen LogP contribution in [0.1, 0.15) is 22.3 Å². The van der Waals surface area contributed by atoms with E-state index in [0.29, 0.717) is 29.2 Å². The molecule has 3 aromatic carbocycles. The van der Waals surface area contributed by atoms with E-state index in [9.17, 15) is 14.4 Å². The maximum absolute atomic E-state index is 13.7. The van der Waals surface area contributed by atoms with E-state index in [1.165, 1.54) is 24.0 Å². The van der Waals surface area contributed by atoms with Crippen LogP contribution in [0.4, 0.5) is 5.69 Å². The van der Waals surface area contributed by atoms with Crippen LogP contribution in [-0.2, 0) is 16.0 Å². The standard InChI is InChI=1S/C27H26N2O5/c1-33-23-14-13-20(17-24(23)34-2)26(31)28(16-15-19-9-5-3-6-10-19)22-18-25(30)29(27(22)32)21-11-7-4-8-12-21/h3-14,17,22H,15-16,18H2,1-2H3. The van der Waals surface area contributed by atoms with Crippen LogP contribution in [0.3, 0.4) is 0 Å². The topological polar surface area (TPSA) is 76.2 Å². The van der Waals surface area contributed by atoms with Gasteiger partial charge in [0, 0.05) is 12.1 Å². The third-order valence-corrected chi connectivity index (χ3v) is 5.89. The Morgan fingerprint density at radius 2 is 1.56 bits per heavy atom. The monoisotopic (exact) mass is 458 g/mol. The molecule has 7 heteroatoms. The lowest BCUT2D eigenvalue weighted by Crippen LogP contribution is -2.46. The summed E-state index contributed by atoms with van der Waals surface area (Å²) in [5.74, 6) is -0.171. The van der Waals surface area contributed by atoms with Crippen LogP contribution >= 0.6 is 0 Å². The summed E-state index contributed by atoms with van der Waals surface area (Å²) in [7, 11) is 3.02. The van der Waals surface area contributed by atoms with Crippen molar-refractivity contribution < 1.29 is 23.9 Å². The lowest BCUT2D eigenvalue weighted by atomic mass is 10.1. The Bertz CT molecular complexity index is 1180. The molecule has 1 aliphatic heterocycles. The van der Waals surface area contributed by atoms with Crippen molar-refractivity contribution in [1.82, 2.24) is 4.90 Å². The summed E-state index contributed by atoms with van der Waals surface area (Å²) in [5.41, 5.74) is 1.88. The second-order valence-electron chi connectivity index (χ2n) is 7.93. The van der Waals surface area contributed by atoms with Crippen LogP contribution in [0, 0.1) is 0 Å². The number of rotatable bonds is 8. The molecule has 7 nitrogen and oxygen atoms in total. The number of ether oxygens (including phenoxy) is 2. The average molecular weight is 459 g/mol. The molecule has 0 N–H and O–H groups in total. The van der Waals surface area contributed by atoms with E-state index in [2.05, 4.69) is 0 Å². The number of methoxy groups -OCH3 is 2. The summed E-state index contributed by atoms with van der Waals surface area (Å²) in [5, 5.41) is 0. The van der Waals surface area contributed by atoms with Gasteiger partial charge in [-0.25, -0.2) is 4.90 Å². The Morgan fingerprint density at radius 1 is 0.912 bits per heavy atom. The zero-order valence-electron chi connectivity index (χ0n) is 19.1. The van der Waals surface area contributed by atoms with Gasteiger partial charge < -0.3 is 14.4 Å². The van der Waals surface area contributed by atoms with E-state index in [-0.39, 0.29) is 24.8 Å². The molecule has 0 radical (unpaired) electrons. The fourth-order valence-corrected chi connectivity index (χ4v) is 4.14. The van der Waals surface area contributed by atoms with Crippen molar-refractivity contribution in [2.45, 2.75) is 18.9 Å². The van der Waals surface area contributed by atoms with Gasteiger partial charge in [-0.3, -0.25) is 14.4 Å². The maximum Gasteiger partial charge on any atom is 0.257 e. The Labute approximate surface area is 198 Å². The molecule has 4 rings (SSSR count). The minimum atomic E-state index is -0.892. The molecule has 0 aromatic heterocycles. The number of benzene rings is 3. The highest BCUT2D eigenvalue weighted by molar-refractivity contribution is 6.23. The van der Waals surface area contributed by atoms with Gasteiger partial charge >= 0.3 is 0 Å². The van der Waals surface area contributed by atoms with E-state index in [1.807, 2.05) is 36.4 Å². The number of imide groups is 1. The van der Waals surface area contributed by atoms with Crippen molar-refractivity contribution in [2.75, 3.05) is 25.7 Å². The third-order valence-electron chi connectivity index (χ3n) is 5.89. The van der Waals surface area contributed by atoms with Crippen molar-refractivity contribution >= 4 is 23.4 Å². The van der Waals surface area contributed by atoms with Gasteiger partial charge in [0.15, 0.2) is 11.5 Å². The summed E-state index contributed by atoms with van der Waals surface area (Å²) in [6.45, 7) is 0.281. The molecule has 1 fully saturated rings. The van der Waals surface area contributed by atoms with Gasteiger partial charge in [0.05, 0.1) is 26.3 Å². The fraction of sp³-hybridized carbons (Fsp3) is 0.222. The van der Waals surface area contributed by atoms with Crippen LogP contribution in [0.15, 0.2) is 78.9 Å². The van der Waals surface area contributed by atoms with Crippen LogP contribution in [0.25, 0.3) is 0 Å². The van der Waals surface area contributed by atoms with E-state index in [4.69, 9.17) is 9.47 Å². The Kier molecular flexibility index (Phi) is 6.92. The number of carbonyl (C=O) groups is 3. The number of hydrogen-bond donors (Lipinski definition) is 0. The maximum atomic E-state index is 13.7. The molecule has 3 aromatic rings. The number of para-hydroxylation sites is 1. The number of nitrogens with zero attached hydrogens (tertiary/aromatic N) is 2. The first-order valence-electron chi connectivity index (χ1n) is 11.0. The lowest BCUT2D eigenvalue weighted by Gasteiger charge is -2.28. The SMILES string of the molecule is COc1ccc(C(=O)N(CCc2ccccc2)C2CC(=O)N(c3ccccc3)C2=O)cc1OC. The normalized spacial score (nSPS) is 15.4. The van der Waals surface area contributed by atoms with E-state index in [1.54, 1.807) is 42.5 Å². The van der Waals surface area contributed by atoms with Crippen molar-refractivity contribution in [3.05, 3.63) is 90.0 Å². The van der Waals surface area contributed by atoms with Gasteiger partial charge in [-0.05, 0) is 42.3 Å². The molecular weight excluding hydrogens is 432 g/mol. The van der Waals surface area contributed by atoms with Gasteiger partial charge in [-0.15, -0.1) is 0 Å². The number of hydrogen-bond acceptors (Lipinski definition) is 5. The minimum absolute atomic E-state index is 0.0679. The molecule has 0 aliphatic carbocycles. The molecule has 1 aliphatic rings. The quantitative estimate of drug-likeness (QED) is 0.481. The van der Waals surface area contributed by atoms with Crippen molar-refractivity contribution in [3.8, 4) is 11.5 Å². The molecule has 1 heterocycles. The van der Waals surface area contributed by atoms with Crippen LogP contribution in [0.5, 0.6) is 11.5 Å². The van der Waals surface area contributed by atoms with Gasteiger partial charge in [-0.2, -0.15) is 0 Å². The van der Waals surface area contributed by atoms with Crippen LogP contribution in [0.2, 0.25) is 0 Å². The van der Waals surface area contributed by atoms with Gasteiger partial charge in [0.1, 0.15) is 6.04 Å². The van der Waals surface area contributed by atoms with Crippen molar-refractivity contribution in [2.24, 2.45) is 0 Å². The summed E-state index contributed by atoms with van der Waals surface area (Å²) in [6, 6.07) is 22.5. The molecule has 1 unspecified atom stereocenters. The number of amides is 3. The Morgan fingerprint density at radius 3 is 2.21 bits per heavy atom. The first kappa shape index (κ1) is 23.0. The Balaban J connectivity index is 1.66. The molecule has 1 saturated heterocycles. The van der Waals surface area contributed by atoms with Crippen LogP contribution in [-0.4, -0.2) is 49.4 Å². The molecular formula is C27H26N2O5. The van der Waals surface area contributed by atoms with Crippen LogP contribution < -0.4 is 14.4 Å². The molecule has 0 saturated carbocycles. The highest BCUT2D eigenvalue weighted by atomic mass is 16.5. The van der Waals surface area contributed by atoms with Gasteiger partial charge in [-0.1, -0.05) is 48.5 Å². The Hall–Kier alpha value is -4.13. The molecule has 174 valence electrons. The summed E-state index contributed by atoms with van der Waals surface area (Å²) in [4.78, 5) is 42.6. The van der Waals surface area contributed by atoms with E-state index in [0.717, 1.165) is 5.56 Å². The largest absolute Gasteiger partial charge is 0.493 e. The second kappa shape index (κ2) is 10.2. The predicted molar refractivity (Wildman–Crippen MR) is 128 cm³/mol. The van der Waals surface area contributed by atoms with E-state index < -0.39 is 11.9 Å². The summed E-state index contributed by atoms with van der Waals surface area (Å²) < 4.78 is 10.6. The molecule has 3 amide bonds. The smallest absolute Gasteiger partial charge is 0.257 e. The second-order valence-corrected chi connectivity index (χ2v) is 7.93. The van der Waals surface area contributed by atoms with Crippen molar-refractivity contribution in [3.63, 3.8) is 0 Å². The fourth-order valence-electron chi connectivity index (χ4n) is 4.14. The molecule has 34 heavy (non-hydrogen) atoms. The highest BCUT2D eigenvalue weighted by Crippen LogP contribution is 2.30. The first-order valence-corrected chi connectivity index (χ1v) is 11.0. The van der Waals surface area contributed by atoms with Gasteiger partial charge in [0.25, 0.3) is 11.8 Å². The van der Waals surface area contributed by atoms with Crippen molar-refractivity contribution in [1.29, 1.82) is 0 Å². The molecule has 1 atom stereocenters. The molecule has 0 bridgehead atoms. The minimum Gasteiger partial charge on any atom is -0.493 e. The first-order chi connectivity index (χ1) is 16.5. The zero-order chi connectivity index (χ0) is 24.1.